The molecule has 2 aromatic carbocycles. The summed E-state index contributed by atoms with van der Waals surface area (Å²) in [5.74, 6) is 0.240. The van der Waals surface area contributed by atoms with Gasteiger partial charge in [-0.2, -0.15) is 0 Å². The van der Waals surface area contributed by atoms with Crippen molar-refractivity contribution < 1.29 is 14.3 Å². The van der Waals surface area contributed by atoms with Gasteiger partial charge in [0.25, 0.3) is 5.91 Å². The second-order valence-electron chi connectivity index (χ2n) is 7.63. The van der Waals surface area contributed by atoms with Crippen LogP contribution in [0.4, 0.5) is 0 Å². The zero-order valence-electron chi connectivity index (χ0n) is 18.5. The van der Waals surface area contributed by atoms with Gasteiger partial charge in [0.2, 0.25) is 5.91 Å². The molecule has 1 atom stereocenters. The van der Waals surface area contributed by atoms with Gasteiger partial charge in [-0.1, -0.05) is 57.3 Å². The number of nitrogens with one attached hydrogen (secondary N) is 1. The van der Waals surface area contributed by atoms with Crippen LogP contribution in [0.5, 0.6) is 5.75 Å². The third-order valence-corrected chi connectivity index (χ3v) is 6.81. The van der Waals surface area contributed by atoms with Gasteiger partial charge in [0.15, 0.2) is 6.61 Å². The van der Waals surface area contributed by atoms with Gasteiger partial charge in [-0.25, -0.2) is 0 Å². The summed E-state index contributed by atoms with van der Waals surface area (Å²) >= 11 is 6.97. The SMILES string of the molecule is CCCCNC(=O)[C@@H](C)N(Cc1ccc(Br)cc1)C(=O)COc1cc(C)c(Br)c(C)c1. The average molecular weight is 554 g/mol. The Kier molecular flexibility index (Phi) is 10.0. The van der Waals surface area contributed by atoms with Crippen molar-refractivity contribution in [2.75, 3.05) is 13.2 Å². The summed E-state index contributed by atoms with van der Waals surface area (Å²) in [5, 5.41) is 2.92. The highest BCUT2D eigenvalue weighted by molar-refractivity contribution is 9.10. The molecule has 0 aliphatic heterocycles. The van der Waals surface area contributed by atoms with Crippen LogP contribution in [0.25, 0.3) is 0 Å². The summed E-state index contributed by atoms with van der Waals surface area (Å²) < 4.78 is 7.79. The number of rotatable bonds is 10. The molecule has 0 aliphatic rings. The third kappa shape index (κ3) is 7.65. The van der Waals surface area contributed by atoms with Crippen LogP contribution >= 0.6 is 31.9 Å². The van der Waals surface area contributed by atoms with E-state index in [0.717, 1.165) is 38.5 Å². The zero-order valence-corrected chi connectivity index (χ0v) is 21.7. The van der Waals surface area contributed by atoms with Gasteiger partial charge in [-0.05, 0) is 68.1 Å². The average Bonchev–Trinajstić information content (AvgIpc) is 2.74. The number of benzene rings is 2. The zero-order chi connectivity index (χ0) is 23.0. The monoisotopic (exact) mass is 552 g/mol. The molecule has 1 N–H and O–H groups in total. The summed E-state index contributed by atoms with van der Waals surface area (Å²) in [4.78, 5) is 27.3. The highest BCUT2D eigenvalue weighted by atomic mass is 79.9. The molecule has 0 radical (unpaired) electrons. The van der Waals surface area contributed by atoms with E-state index < -0.39 is 6.04 Å². The lowest BCUT2D eigenvalue weighted by molar-refractivity contribution is -0.142. The molecule has 5 nitrogen and oxygen atoms in total. The number of carbonyl (C=O) groups excluding carboxylic acids is 2. The van der Waals surface area contributed by atoms with Gasteiger partial charge in [0, 0.05) is 22.0 Å². The fourth-order valence-corrected chi connectivity index (χ4v) is 3.62. The van der Waals surface area contributed by atoms with Gasteiger partial charge in [-0.15, -0.1) is 0 Å². The van der Waals surface area contributed by atoms with E-state index in [-0.39, 0.29) is 18.4 Å². The molecule has 2 amide bonds. The Morgan fingerprint density at radius 2 is 1.71 bits per heavy atom. The molecule has 0 aromatic heterocycles. The molecular weight excluding hydrogens is 524 g/mol. The maximum atomic E-state index is 13.1. The second kappa shape index (κ2) is 12.2. The highest BCUT2D eigenvalue weighted by Gasteiger charge is 2.26. The summed E-state index contributed by atoms with van der Waals surface area (Å²) in [7, 11) is 0. The Balaban J connectivity index is 2.14. The van der Waals surface area contributed by atoms with E-state index in [9.17, 15) is 9.59 Å². The van der Waals surface area contributed by atoms with Crippen molar-refractivity contribution in [1.29, 1.82) is 0 Å². The molecule has 0 aliphatic carbocycles. The maximum Gasteiger partial charge on any atom is 0.261 e. The molecule has 2 rings (SSSR count). The number of aryl methyl sites for hydroxylation is 2. The first-order chi connectivity index (χ1) is 14.7. The van der Waals surface area contributed by atoms with Crippen molar-refractivity contribution in [3.05, 3.63) is 62.0 Å². The Labute approximate surface area is 201 Å². The molecule has 168 valence electrons. The smallest absolute Gasteiger partial charge is 0.261 e. The van der Waals surface area contributed by atoms with Crippen molar-refractivity contribution in [3.8, 4) is 5.75 Å². The van der Waals surface area contributed by atoms with Crippen molar-refractivity contribution in [2.24, 2.45) is 0 Å². The minimum absolute atomic E-state index is 0.135. The van der Waals surface area contributed by atoms with Crippen LogP contribution in [0.3, 0.4) is 0 Å². The highest BCUT2D eigenvalue weighted by Crippen LogP contribution is 2.26. The standard InChI is InChI=1S/C24H30Br2N2O3/c1-5-6-11-27-24(30)18(4)28(14-19-7-9-20(25)10-8-19)22(29)15-31-21-12-16(2)23(26)17(3)13-21/h7-10,12-13,18H,5-6,11,14-15H2,1-4H3,(H,27,30)/t18-/m1/s1. The quantitative estimate of drug-likeness (QED) is 0.393. The summed E-state index contributed by atoms with van der Waals surface area (Å²) in [6.07, 6.45) is 1.90. The Bertz CT molecular complexity index is 877. The number of nitrogens with zero attached hydrogens (tertiary/aromatic N) is 1. The van der Waals surface area contributed by atoms with E-state index in [4.69, 9.17) is 4.74 Å². The first-order valence-corrected chi connectivity index (χ1v) is 12.0. The first-order valence-electron chi connectivity index (χ1n) is 10.4. The predicted molar refractivity (Wildman–Crippen MR) is 131 cm³/mol. The molecule has 0 bridgehead atoms. The van der Waals surface area contributed by atoms with Gasteiger partial charge in [0.1, 0.15) is 11.8 Å². The minimum atomic E-state index is -0.606. The predicted octanol–water partition coefficient (Wildman–Crippen LogP) is 5.54. The lowest BCUT2D eigenvalue weighted by Gasteiger charge is -2.29. The molecule has 0 saturated carbocycles. The third-order valence-electron chi connectivity index (χ3n) is 5.04. The fraction of sp³-hybridized carbons (Fsp3) is 0.417. The number of hydrogen-bond acceptors (Lipinski definition) is 3. The number of amides is 2. The van der Waals surface area contributed by atoms with Crippen LogP contribution in [-0.4, -0.2) is 35.9 Å². The lowest BCUT2D eigenvalue weighted by atomic mass is 10.1. The molecule has 0 saturated heterocycles. The number of carbonyl (C=O) groups is 2. The summed E-state index contributed by atoms with van der Waals surface area (Å²) in [5.41, 5.74) is 3.02. The lowest BCUT2D eigenvalue weighted by Crippen LogP contribution is -2.49. The molecule has 0 heterocycles. The Morgan fingerprint density at radius 1 is 1.10 bits per heavy atom. The van der Waals surface area contributed by atoms with Crippen molar-refractivity contribution in [2.45, 2.75) is 53.1 Å². The number of ether oxygens (including phenoxy) is 1. The fourth-order valence-electron chi connectivity index (χ4n) is 3.12. The number of unbranched alkanes of at least 4 members (excludes halogenated alkanes) is 1. The first kappa shape index (κ1) is 25.4. The van der Waals surface area contributed by atoms with E-state index in [1.165, 1.54) is 0 Å². The maximum absolute atomic E-state index is 13.1. The molecule has 0 spiro atoms. The van der Waals surface area contributed by atoms with Crippen LogP contribution in [0.15, 0.2) is 45.3 Å². The van der Waals surface area contributed by atoms with Crippen molar-refractivity contribution in [3.63, 3.8) is 0 Å². The van der Waals surface area contributed by atoms with Gasteiger partial charge >= 0.3 is 0 Å². The van der Waals surface area contributed by atoms with Gasteiger partial charge in [-0.3, -0.25) is 9.59 Å². The van der Waals surface area contributed by atoms with Gasteiger partial charge in [0.05, 0.1) is 0 Å². The Morgan fingerprint density at radius 3 is 2.29 bits per heavy atom. The van der Waals surface area contributed by atoms with Crippen LogP contribution in [0.1, 0.15) is 43.4 Å². The van der Waals surface area contributed by atoms with E-state index in [2.05, 4.69) is 44.1 Å². The van der Waals surface area contributed by atoms with Gasteiger partial charge < -0.3 is 15.0 Å². The van der Waals surface area contributed by atoms with Crippen molar-refractivity contribution in [1.82, 2.24) is 10.2 Å². The molecule has 7 heteroatoms. The van der Waals surface area contributed by atoms with E-state index >= 15 is 0 Å². The normalized spacial score (nSPS) is 11.7. The summed E-state index contributed by atoms with van der Waals surface area (Å²) in [6, 6.07) is 10.9. The van der Waals surface area contributed by atoms with Crippen LogP contribution in [0, 0.1) is 13.8 Å². The molecule has 2 aromatic rings. The molecule has 0 fully saturated rings. The van der Waals surface area contributed by atoms with E-state index in [1.54, 1.807) is 11.8 Å². The summed E-state index contributed by atoms with van der Waals surface area (Å²) in [6.45, 7) is 8.59. The van der Waals surface area contributed by atoms with Crippen LogP contribution in [0.2, 0.25) is 0 Å². The Hall–Kier alpha value is -1.86. The minimum Gasteiger partial charge on any atom is -0.484 e. The molecular formula is C24H30Br2N2O3. The molecule has 0 unspecified atom stereocenters. The second-order valence-corrected chi connectivity index (χ2v) is 9.34. The topological polar surface area (TPSA) is 58.6 Å². The number of halogens is 2. The van der Waals surface area contributed by atoms with Crippen LogP contribution in [-0.2, 0) is 16.1 Å². The van der Waals surface area contributed by atoms with E-state index in [1.807, 2.05) is 50.2 Å². The molecule has 31 heavy (non-hydrogen) atoms. The largest absolute Gasteiger partial charge is 0.484 e. The van der Waals surface area contributed by atoms with Crippen molar-refractivity contribution >= 4 is 43.7 Å². The number of hydrogen-bond donors (Lipinski definition) is 1. The van der Waals surface area contributed by atoms with Crippen LogP contribution < -0.4 is 10.1 Å². The van der Waals surface area contributed by atoms with E-state index in [0.29, 0.717) is 18.8 Å².